The van der Waals surface area contributed by atoms with Gasteiger partial charge < -0.3 is 9.73 Å². The first-order valence-corrected chi connectivity index (χ1v) is 10.6. The molecule has 1 aromatic heterocycles. The van der Waals surface area contributed by atoms with Crippen LogP contribution in [-0.2, 0) is 21.4 Å². The molecule has 3 rings (SSSR count). The Morgan fingerprint density at radius 3 is 2.43 bits per heavy atom. The van der Waals surface area contributed by atoms with E-state index < -0.39 is 10.0 Å². The summed E-state index contributed by atoms with van der Waals surface area (Å²) in [6.45, 7) is 4.73. The SMILES string of the molecule is Cc1cc(CNC(=O)C2CCN(S(=O)(=O)c3ccc(C#N)cc3)CC2)c(C)o1. The average molecular weight is 401 g/mol. The van der Waals surface area contributed by atoms with E-state index in [0.29, 0.717) is 38.0 Å². The lowest BCUT2D eigenvalue weighted by atomic mass is 9.97. The van der Waals surface area contributed by atoms with Crippen LogP contribution in [0.5, 0.6) is 0 Å². The minimum atomic E-state index is -3.61. The number of hydrogen-bond donors (Lipinski definition) is 1. The number of rotatable bonds is 5. The highest BCUT2D eigenvalue weighted by molar-refractivity contribution is 7.89. The lowest BCUT2D eigenvalue weighted by molar-refractivity contribution is -0.126. The number of furan rings is 1. The minimum Gasteiger partial charge on any atom is -0.466 e. The zero-order valence-electron chi connectivity index (χ0n) is 15.9. The molecule has 1 aromatic carbocycles. The highest BCUT2D eigenvalue weighted by Gasteiger charge is 2.32. The van der Waals surface area contributed by atoms with Gasteiger partial charge in [-0.3, -0.25) is 4.79 Å². The molecule has 0 spiro atoms. The number of nitriles is 1. The van der Waals surface area contributed by atoms with Crippen molar-refractivity contribution >= 4 is 15.9 Å². The Bertz CT molecular complexity index is 995. The predicted molar refractivity (Wildman–Crippen MR) is 103 cm³/mol. The van der Waals surface area contributed by atoms with E-state index in [4.69, 9.17) is 9.68 Å². The van der Waals surface area contributed by atoms with E-state index >= 15 is 0 Å². The number of amides is 1. The molecule has 1 saturated heterocycles. The summed E-state index contributed by atoms with van der Waals surface area (Å²) in [6, 6.07) is 9.76. The summed E-state index contributed by atoms with van der Waals surface area (Å²) in [5.41, 5.74) is 1.36. The maximum atomic E-state index is 12.7. The van der Waals surface area contributed by atoms with Gasteiger partial charge in [0.25, 0.3) is 0 Å². The Kier molecular flexibility index (Phi) is 5.87. The summed E-state index contributed by atoms with van der Waals surface area (Å²) in [5, 5.41) is 11.8. The third kappa shape index (κ3) is 4.26. The molecule has 0 bridgehead atoms. The monoisotopic (exact) mass is 401 g/mol. The van der Waals surface area contributed by atoms with E-state index in [2.05, 4.69) is 5.32 Å². The van der Waals surface area contributed by atoms with Crippen LogP contribution in [0, 0.1) is 31.1 Å². The molecule has 7 nitrogen and oxygen atoms in total. The first kappa shape index (κ1) is 20.1. The fourth-order valence-electron chi connectivity index (χ4n) is 3.39. The van der Waals surface area contributed by atoms with Crippen molar-refractivity contribution in [2.75, 3.05) is 13.1 Å². The Labute approximate surface area is 165 Å². The molecule has 1 N–H and O–H groups in total. The van der Waals surface area contributed by atoms with Crippen molar-refractivity contribution in [3.63, 3.8) is 0 Å². The van der Waals surface area contributed by atoms with Crippen molar-refractivity contribution < 1.29 is 17.6 Å². The van der Waals surface area contributed by atoms with Gasteiger partial charge in [0, 0.05) is 31.1 Å². The number of aryl methyl sites for hydroxylation is 2. The van der Waals surface area contributed by atoms with Crippen LogP contribution in [0.3, 0.4) is 0 Å². The molecule has 148 valence electrons. The smallest absolute Gasteiger partial charge is 0.243 e. The second-order valence-electron chi connectivity index (χ2n) is 6.97. The molecule has 1 fully saturated rings. The number of nitrogens with zero attached hydrogens (tertiary/aromatic N) is 2. The van der Waals surface area contributed by atoms with Crippen molar-refractivity contribution in [1.29, 1.82) is 5.26 Å². The van der Waals surface area contributed by atoms with E-state index in [0.717, 1.165) is 17.1 Å². The summed E-state index contributed by atoms with van der Waals surface area (Å²) in [5.74, 6) is 1.33. The Hall–Kier alpha value is -2.63. The molecular weight excluding hydrogens is 378 g/mol. The van der Waals surface area contributed by atoms with Gasteiger partial charge in [0.2, 0.25) is 15.9 Å². The van der Waals surface area contributed by atoms with Gasteiger partial charge in [0.1, 0.15) is 11.5 Å². The number of sulfonamides is 1. The molecule has 0 saturated carbocycles. The van der Waals surface area contributed by atoms with Crippen LogP contribution in [0.15, 0.2) is 39.6 Å². The molecule has 0 radical (unpaired) electrons. The zero-order valence-corrected chi connectivity index (χ0v) is 16.8. The molecule has 1 aliphatic heterocycles. The minimum absolute atomic E-state index is 0.0614. The molecule has 28 heavy (non-hydrogen) atoms. The van der Waals surface area contributed by atoms with Gasteiger partial charge in [-0.15, -0.1) is 0 Å². The van der Waals surface area contributed by atoms with E-state index in [1.807, 2.05) is 26.0 Å². The molecule has 1 amide bonds. The van der Waals surface area contributed by atoms with Crippen molar-refractivity contribution in [3.8, 4) is 6.07 Å². The van der Waals surface area contributed by atoms with Crippen molar-refractivity contribution in [2.45, 2.75) is 38.1 Å². The molecule has 0 atom stereocenters. The maximum Gasteiger partial charge on any atom is 0.243 e. The number of carbonyl (C=O) groups excluding carboxylic acids is 1. The van der Waals surface area contributed by atoms with Crippen LogP contribution in [0.2, 0.25) is 0 Å². The van der Waals surface area contributed by atoms with Gasteiger partial charge >= 0.3 is 0 Å². The molecule has 8 heteroatoms. The van der Waals surface area contributed by atoms with Crippen LogP contribution in [-0.4, -0.2) is 31.7 Å². The Balaban J connectivity index is 1.56. The van der Waals surface area contributed by atoms with Crippen LogP contribution in [0.1, 0.15) is 35.5 Å². The number of hydrogen-bond acceptors (Lipinski definition) is 5. The van der Waals surface area contributed by atoms with E-state index in [9.17, 15) is 13.2 Å². The number of benzene rings is 1. The van der Waals surface area contributed by atoms with Crippen LogP contribution < -0.4 is 5.32 Å². The summed E-state index contributed by atoms with van der Waals surface area (Å²) >= 11 is 0. The van der Waals surface area contributed by atoms with Crippen molar-refractivity contribution in [1.82, 2.24) is 9.62 Å². The fraction of sp³-hybridized carbons (Fsp3) is 0.400. The number of carbonyl (C=O) groups is 1. The highest BCUT2D eigenvalue weighted by Crippen LogP contribution is 2.24. The summed E-state index contributed by atoms with van der Waals surface area (Å²) in [4.78, 5) is 12.6. The van der Waals surface area contributed by atoms with Gasteiger partial charge in [-0.1, -0.05) is 0 Å². The number of nitrogens with one attached hydrogen (secondary N) is 1. The molecular formula is C20H23N3O4S. The lowest BCUT2D eigenvalue weighted by Crippen LogP contribution is -2.42. The van der Waals surface area contributed by atoms with Crippen LogP contribution in [0.25, 0.3) is 0 Å². The Morgan fingerprint density at radius 1 is 1.25 bits per heavy atom. The van der Waals surface area contributed by atoms with Gasteiger partial charge in [-0.2, -0.15) is 9.57 Å². The van der Waals surface area contributed by atoms with Crippen molar-refractivity contribution in [3.05, 3.63) is 53.0 Å². The largest absolute Gasteiger partial charge is 0.466 e. The Morgan fingerprint density at radius 2 is 1.89 bits per heavy atom. The average Bonchev–Trinajstić information content (AvgIpc) is 3.03. The third-order valence-corrected chi connectivity index (χ3v) is 6.96. The van der Waals surface area contributed by atoms with E-state index in [-0.39, 0.29) is 16.7 Å². The quantitative estimate of drug-likeness (QED) is 0.829. The van der Waals surface area contributed by atoms with E-state index in [1.165, 1.54) is 28.6 Å². The van der Waals surface area contributed by atoms with Crippen LogP contribution in [0.4, 0.5) is 0 Å². The van der Waals surface area contributed by atoms with Gasteiger partial charge in [-0.25, -0.2) is 8.42 Å². The lowest BCUT2D eigenvalue weighted by Gasteiger charge is -2.30. The second kappa shape index (κ2) is 8.17. The third-order valence-electron chi connectivity index (χ3n) is 5.04. The standard InChI is InChI=1S/C20H23N3O4S/c1-14-11-18(15(2)27-14)13-22-20(24)17-7-9-23(10-8-17)28(25,26)19-5-3-16(12-21)4-6-19/h3-6,11,17H,7-10,13H2,1-2H3,(H,22,24). The molecule has 2 heterocycles. The van der Waals surface area contributed by atoms with Crippen LogP contribution >= 0.6 is 0 Å². The summed E-state index contributed by atoms with van der Waals surface area (Å²) in [7, 11) is -3.61. The maximum absolute atomic E-state index is 12.7. The first-order chi connectivity index (χ1) is 13.3. The molecule has 2 aromatic rings. The van der Waals surface area contributed by atoms with Gasteiger partial charge in [0.15, 0.2) is 0 Å². The number of piperidine rings is 1. The predicted octanol–water partition coefficient (Wildman–Crippen LogP) is 2.49. The topological polar surface area (TPSA) is 103 Å². The zero-order chi connectivity index (χ0) is 20.3. The molecule has 1 aliphatic rings. The first-order valence-electron chi connectivity index (χ1n) is 9.15. The summed E-state index contributed by atoms with van der Waals surface area (Å²) < 4.78 is 32.4. The molecule has 0 aliphatic carbocycles. The fourth-order valence-corrected chi connectivity index (χ4v) is 4.86. The van der Waals surface area contributed by atoms with Gasteiger partial charge in [-0.05, 0) is 57.0 Å². The van der Waals surface area contributed by atoms with Gasteiger partial charge in [0.05, 0.1) is 16.5 Å². The highest BCUT2D eigenvalue weighted by atomic mass is 32.2. The molecule has 0 unspecified atom stereocenters. The summed E-state index contributed by atoms with van der Waals surface area (Å²) in [6.07, 6.45) is 0.954. The van der Waals surface area contributed by atoms with Crippen molar-refractivity contribution in [2.24, 2.45) is 5.92 Å². The second-order valence-corrected chi connectivity index (χ2v) is 8.91. The van der Waals surface area contributed by atoms with E-state index in [1.54, 1.807) is 0 Å². The normalized spacial score (nSPS) is 15.9.